The number of hydrogen-bond donors (Lipinski definition) is 1. The first-order valence-electron chi connectivity index (χ1n) is 6.70. The van der Waals surface area contributed by atoms with Crippen molar-refractivity contribution in [2.24, 2.45) is 0 Å². The van der Waals surface area contributed by atoms with Crippen LogP contribution in [0.25, 0.3) is 0 Å². The van der Waals surface area contributed by atoms with E-state index in [1.807, 2.05) is 6.92 Å². The maximum atomic E-state index is 12.1. The van der Waals surface area contributed by atoms with Gasteiger partial charge in [-0.05, 0) is 38.7 Å². The van der Waals surface area contributed by atoms with Gasteiger partial charge in [-0.3, -0.25) is 9.78 Å². The van der Waals surface area contributed by atoms with Crippen LogP contribution >= 0.6 is 0 Å². The first-order chi connectivity index (χ1) is 9.20. The van der Waals surface area contributed by atoms with Crippen LogP contribution in [0.5, 0.6) is 5.75 Å². The molecule has 0 saturated heterocycles. The van der Waals surface area contributed by atoms with Crippen molar-refractivity contribution in [1.82, 2.24) is 10.3 Å². The fraction of sp³-hybridized carbons (Fsp3) is 0.467. The molecule has 1 aliphatic rings. The van der Waals surface area contributed by atoms with Crippen molar-refractivity contribution in [2.45, 2.75) is 38.6 Å². The molecule has 4 nitrogen and oxygen atoms in total. The number of rotatable bonds is 4. The zero-order valence-corrected chi connectivity index (χ0v) is 11.5. The van der Waals surface area contributed by atoms with E-state index >= 15 is 0 Å². The highest BCUT2D eigenvalue weighted by Crippen LogP contribution is 2.20. The molecule has 0 fully saturated rings. The predicted octanol–water partition coefficient (Wildman–Crippen LogP) is 2.71. The molecule has 19 heavy (non-hydrogen) atoms. The highest BCUT2D eigenvalue weighted by molar-refractivity contribution is 5.93. The molecule has 1 unspecified atom stereocenters. The summed E-state index contributed by atoms with van der Waals surface area (Å²) in [6, 6.07) is 3.45. The SMILES string of the molecule is COc1ccnc(C(=O)NC(C)C2=CCCCC2)c1. The molecule has 1 aliphatic carbocycles. The summed E-state index contributed by atoms with van der Waals surface area (Å²) in [5, 5.41) is 2.99. The molecule has 2 rings (SSSR count). The number of carbonyl (C=O) groups excluding carboxylic acids is 1. The van der Waals surface area contributed by atoms with E-state index in [2.05, 4.69) is 16.4 Å². The standard InChI is InChI=1S/C15H20N2O2/c1-11(12-6-4-3-5-7-12)17-15(18)14-10-13(19-2)8-9-16-14/h6,8-11H,3-5,7H2,1-2H3,(H,17,18). The maximum absolute atomic E-state index is 12.1. The smallest absolute Gasteiger partial charge is 0.270 e. The summed E-state index contributed by atoms with van der Waals surface area (Å²) >= 11 is 0. The zero-order valence-electron chi connectivity index (χ0n) is 11.5. The van der Waals surface area contributed by atoms with Gasteiger partial charge in [0.15, 0.2) is 0 Å². The van der Waals surface area contributed by atoms with E-state index in [1.54, 1.807) is 25.4 Å². The molecule has 1 aromatic heterocycles. The van der Waals surface area contributed by atoms with Crippen molar-refractivity contribution < 1.29 is 9.53 Å². The topological polar surface area (TPSA) is 51.2 Å². The van der Waals surface area contributed by atoms with Crippen molar-refractivity contribution in [3.8, 4) is 5.75 Å². The van der Waals surface area contributed by atoms with Crippen LogP contribution in [0.3, 0.4) is 0 Å². The highest BCUT2D eigenvalue weighted by Gasteiger charge is 2.16. The van der Waals surface area contributed by atoms with Crippen LogP contribution in [0.15, 0.2) is 30.0 Å². The van der Waals surface area contributed by atoms with Crippen LogP contribution < -0.4 is 10.1 Å². The lowest BCUT2D eigenvalue weighted by atomic mass is 9.95. The molecule has 102 valence electrons. The largest absolute Gasteiger partial charge is 0.497 e. The lowest BCUT2D eigenvalue weighted by Gasteiger charge is -2.20. The third kappa shape index (κ3) is 3.56. The maximum Gasteiger partial charge on any atom is 0.270 e. The minimum absolute atomic E-state index is 0.0702. The van der Waals surface area contributed by atoms with E-state index < -0.39 is 0 Å². The Hall–Kier alpha value is -1.84. The molecule has 0 aromatic carbocycles. The van der Waals surface area contributed by atoms with Gasteiger partial charge in [-0.1, -0.05) is 11.6 Å². The van der Waals surface area contributed by atoms with Crippen molar-refractivity contribution in [3.63, 3.8) is 0 Å². The third-order valence-corrected chi connectivity index (χ3v) is 3.43. The second-order valence-corrected chi connectivity index (χ2v) is 4.80. The van der Waals surface area contributed by atoms with Gasteiger partial charge < -0.3 is 10.1 Å². The van der Waals surface area contributed by atoms with E-state index in [0.29, 0.717) is 11.4 Å². The normalized spacial score (nSPS) is 16.4. The molecule has 1 N–H and O–H groups in total. The Morgan fingerprint density at radius 2 is 2.32 bits per heavy atom. The van der Waals surface area contributed by atoms with Crippen LogP contribution in [0, 0.1) is 0 Å². The molecule has 1 aromatic rings. The average Bonchev–Trinajstić information content (AvgIpc) is 2.48. The molecule has 0 bridgehead atoms. The minimum Gasteiger partial charge on any atom is -0.497 e. The summed E-state index contributed by atoms with van der Waals surface area (Å²) in [6.45, 7) is 2.02. The van der Waals surface area contributed by atoms with Crippen molar-refractivity contribution in [3.05, 3.63) is 35.7 Å². The van der Waals surface area contributed by atoms with E-state index in [4.69, 9.17) is 4.74 Å². The van der Waals surface area contributed by atoms with Crippen LogP contribution in [0.2, 0.25) is 0 Å². The predicted molar refractivity (Wildman–Crippen MR) is 74.3 cm³/mol. The number of carbonyl (C=O) groups is 1. The quantitative estimate of drug-likeness (QED) is 0.847. The van der Waals surface area contributed by atoms with Gasteiger partial charge in [0, 0.05) is 18.3 Å². The Morgan fingerprint density at radius 1 is 1.47 bits per heavy atom. The molecular formula is C15H20N2O2. The summed E-state index contributed by atoms with van der Waals surface area (Å²) in [5.74, 6) is 0.488. The van der Waals surface area contributed by atoms with Gasteiger partial charge in [-0.15, -0.1) is 0 Å². The second kappa shape index (κ2) is 6.36. The van der Waals surface area contributed by atoms with Crippen LogP contribution in [0.1, 0.15) is 43.1 Å². The number of aromatic nitrogens is 1. The molecule has 0 aliphatic heterocycles. The fourth-order valence-electron chi connectivity index (χ4n) is 2.28. The van der Waals surface area contributed by atoms with E-state index in [9.17, 15) is 4.79 Å². The minimum atomic E-state index is -0.155. The molecule has 1 atom stereocenters. The van der Waals surface area contributed by atoms with Crippen molar-refractivity contribution in [2.75, 3.05) is 7.11 Å². The van der Waals surface area contributed by atoms with Crippen LogP contribution in [-0.4, -0.2) is 24.0 Å². The molecule has 0 spiro atoms. The van der Waals surface area contributed by atoms with Crippen LogP contribution in [0.4, 0.5) is 0 Å². The Balaban J connectivity index is 2.01. The van der Waals surface area contributed by atoms with Gasteiger partial charge in [0.2, 0.25) is 0 Å². The number of hydrogen-bond acceptors (Lipinski definition) is 3. The number of pyridine rings is 1. The van der Waals surface area contributed by atoms with Crippen molar-refractivity contribution >= 4 is 5.91 Å². The fourth-order valence-corrected chi connectivity index (χ4v) is 2.28. The summed E-state index contributed by atoms with van der Waals surface area (Å²) in [6.07, 6.45) is 8.48. The Bertz CT molecular complexity index is 483. The number of ether oxygens (including phenoxy) is 1. The Morgan fingerprint density at radius 3 is 3.00 bits per heavy atom. The first kappa shape index (κ1) is 13.6. The van der Waals surface area contributed by atoms with Gasteiger partial charge in [-0.25, -0.2) is 0 Å². The molecule has 0 radical (unpaired) electrons. The number of nitrogens with one attached hydrogen (secondary N) is 1. The molecule has 4 heteroatoms. The second-order valence-electron chi connectivity index (χ2n) is 4.80. The summed E-state index contributed by atoms with van der Waals surface area (Å²) in [4.78, 5) is 16.2. The van der Waals surface area contributed by atoms with Crippen LogP contribution in [-0.2, 0) is 0 Å². The molecular weight excluding hydrogens is 240 g/mol. The number of amides is 1. The highest BCUT2D eigenvalue weighted by atomic mass is 16.5. The Kier molecular flexibility index (Phi) is 4.55. The monoisotopic (exact) mass is 260 g/mol. The lowest BCUT2D eigenvalue weighted by molar-refractivity contribution is 0.0939. The van der Waals surface area contributed by atoms with Gasteiger partial charge >= 0.3 is 0 Å². The summed E-state index contributed by atoms with van der Waals surface area (Å²) < 4.78 is 5.09. The molecule has 1 heterocycles. The van der Waals surface area contributed by atoms with Gasteiger partial charge in [0.25, 0.3) is 5.91 Å². The molecule has 0 saturated carbocycles. The van der Waals surface area contributed by atoms with E-state index in [0.717, 1.165) is 12.8 Å². The molecule has 1 amide bonds. The lowest BCUT2D eigenvalue weighted by Crippen LogP contribution is -2.34. The van der Waals surface area contributed by atoms with E-state index in [1.165, 1.54) is 18.4 Å². The number of allylic oxidation sites excluding steroid dienone is 1. The summed E-state index contributed by atoms with van der Waals surface area (Å²) in [7, 11) is 1.58. The third-order valence-electron chi connectivity index (χ3n) is 3.43. The van der Waals surface area contributed by atoms with Gasteiger partial charge in [0.1, 0.15) is 11.4 Å². The van der Waals surface area contributed by atoms with E-state index in [-0.39, 0.29) is 11.9 Å². The number of methoxy groups -OCH3 is 1. The Labute approximate surface area is 113 Å². The average molecular weight is 260 g/mol. The first-order valence-corrected chi connectivity index (χ1v) is 6.70. The van der Waals surface area contributed by atoms with Gasteiger partial charge in [-0.2, -0.15) is 0 Å². The van der Waals surface area contributed by atoms with Gasteiger partial charge in [0.05, 0.1) is 7.11 Å². The summed E-state index contributed by atoms with van der Waals surface area (Å²) in [5.41, 5.74) is 1.71. The van der Waals surface area contributed by atoms with Crippen molar-refractivity contribution in [1.29, 1.82) is 0 Å². The zero-order chi connectivity index (χ0) is 13.7. The number of nitrogens with zero attached hydrogens (tertiary/aromatic N) is 1.